The summed E-state index contributed by atoms with van der Waals surface area (Å²) in [6, 6.07) is 4.64. The van der Waals surface area contributed by atoms with Crippen LogP contribution >= 0.6 is 0 Å². The van der Waals surface area contributed by atoms with Crippen molar-refractivity contribution in [3.63, 3.8) is 0 Å². The molecule has 8 nitrogen and oxygen atoms in total. The Balaban J connectivity index is 1.74. The van der Waals surface area contributed by atoms with Gasteiger partial charge in [0.25, 0.3) is 5.91 Å². The number of aryl methyl sites for hydroxylation is 1. The van der Waals surface area contributed by atoms with Crippen molar-refractivity contribution in [2.45, 2.75) is 63.5 Å². The van der Waals surface area contributed by atoms with Gasteiger partial charge >= 0.3 is 5.97 Å². The van der Waals surface area contributed by atoms with Crippen LogP contribution in [0.15, 0.2) is 23.1 Å². The van der Waals surface area contributed by atoms with Crippen molar-refractivity contribution in [3.05, 3.63) is 29.3 Å². The maximum atomic E-state index is 13.0. The highest BCUT2D eigenvalue weighted by atomic mass is 32.2. The average molecular weight is 453 g/mol. The Bertz CT molecular complexity index is 911. The molecule has 31 heavy (non-hydrogen) atoms. The number of carbonyl (C=O) groups is 2. The van der Waals surface area contributed by atoms with Crippen molar-refractivity contribution in [2.24, 2.45) is 0 Å². The van der Waals surface area contributed by atoms with Crippen molar-refractivity contribution in [1.82, 2.24) is 9.21 Å². The van der Waals surface area contributed by atoms with Crippen LogP contribution in [-0.4, -0.2) is 74.5 Å². The van der Waals surface area contributed by atoms with Gasteiger partial charge in [-0.1, -0.05) is 13.0 Å². The first-order valence-electron chi connectivity index (χ1n) is 11.0. The molecule has 2 aliphatic heterocycles. The first-order valence-corrected chi connectivity index (χ1v) is 12.4. The Kier molecular flexibility index (Phi) is 7.72. The van der Waals surface area contributed by atoms with Crippen LogP contribution < -0.4 is 0 Å². The highest BCUT2D eigenvalue weighted by Crippen LogP contribution is 2.24. The number of carbonyl (C=O) groups excluding carboxylic acids is 2. The van der Waals surface area contributed by atoms with Gasteiger partial charge in [0.15, 0.2) is 6.10 Å². The van der Waals surface area contributed by atoms with E-state index in [0.717, 1.165) is 25.7 Å². The van der Waals surface area contributed by atoms with E-state index in [2.05, 4.69) is 6.92 Å². The SMILES string of the molecule is CCC1CCCCN1C(=O)C(C)OC(=O)c1ccc(C)c(S(=O)(=O)N2CCOCC2)c1. The number of rotatable bonds is 6. The normalized spacial score (nSPS) is 21.5. The van der Waals surface area contributed by atoms with Gasteiger partial charge in [-0.25, -0.2) is 13.2 Å². The topological polar surface area (TPSA) is 93.2 Å². The molecule has 0 spiro atoms. The Hall–Kier alpha value is -1.97. The molecule has 2 unspecified atom stereocenters. The fraction of sp³-hybridized carbons (Fsp3) is 0.636. The molecule has 0 radical (unpaired) electrons. The Morgan fingerprint density at radius 1 is 1.19 bits per heavy atom. The second-order valence-corrected chi connectivity index (χ2v) is 10.0. The minimum absolute atomic E-state index is 0.0740. The summed E-state index contributed by atoms with van der Waals surface area (Å²) < 4.78 is 38.1. The average Bonchev–Trinajstić information content (AvgIpc) is 2.79. The molecule has 2 saturated heterocycles. The first-order chi connectivity index (χ1) is 14.8. The van der Waals surface area contributed by atoms with Gasteiger partial charge in [-0.3, -0.25) is 4.79 Å². The fourth-order valence-electron chi connectivity index (χ4n) is 4.16. The number of benzene rings is 1. The largest absolute Gasteiger partial charge is 0.449 e. The summed E-state index contributed by atoms with van der Waals surface area (Å²) in [5.74, 6) is -0.905. The highest BCUT2D eigenvalue weighted by molar-refractivity contribution is 7.89. The molecule has 0 bridgehead atoms. The number of sulfonamides is 1. The lowest BCUT2D eigenvalue weighted by molar-refractivity contribution is -0.143. The molecule has 172 valence electrons. The van der Waals surface area contributed by atoms with E-state index in [1.54, 1.807) is 19.9 Å². The molecule has 2 aliphatic rings. The zero-order valence-electron chi connectivity index (χ0n) is 18.5. The van der Waals surface area contributed by atoms with Gasteiger partial charge in [0.2, 0.25) is 10.0 Å². The van der Waals surface area contributed by atoms with Crippen LogP contribution in [0.2, 0.25) is 0 Å². The predicted octanol–water partition coefficient (Wildman–Crippen LogP) is 2.35. The third-order valence-corrected chi connectivity index (χ3v) is 8.07. The molecule has 0 aromatic heterocycles. The number of morpholine rings is 1. The smallest absolute Gasteiger partial charge is 0.338 e. The van der Waals surface area contributed by atoms with Crippen molar-refractivity contribution < 1.29 is 27.5 Å². The van der Waals surface area contributed by atoms with E-state index in [4.69, 9.17) is 9.47 Å². The molecule has 2 heterocycles. The van der Waals surface area contributed by atoms with Gasteiger partial charge in [0, 0.05) is 25.7 Å². The maximum Gasteiger partial charge on any atom is 0.338 e. The van der Waals surface area contributed by atoms with E-state index in [-0.39, 0.29) is 35.5 Å². The van der Waals surface area contributed by atoms with E-state index in [0.29, 0.717) is 25.3 Å². The summed E-state index contributed by atoms with van der Waals surface area (Å²) in [7, 11) is -3.75. The summed E-state index contributed by atoms with van der Waals surface area (Å²) in [4.78, 5) is 27.5. The second-order valence-electron chi connectivity index (χ2n) is 8.13. The summed E-state index contributed by atoms with van der Waals surface area (Å²) in [6.07, 6.45) is 2.95. The molecule has 9 heteroatoms. The first kappa shape index (κ1) is 23.7. The fourth-order valence-corrected chi connectivity index (χ4v) is 5.82. The molecule has 2 atom stereocenters. The number of hydrogen-bond donors (Lipinski definition) is 0. The van der Waals surface area contributed by atoms with Gasteiger partial charge in [-0.05, 0) is 57.2 Å². The molecular formula is C22H32N2O6S. The molecule has 1 aromatic rings. The van der Waals surface area contributed by atoms with Crippen LogP contribution in [0.3, 0.4) is 0 Å². The standard InChI is InChI=1S/C22H32N2O6S/c1-4-19-7-5-6-10-24(19)21(25)17(3)30-22(26)18-9-8-16(2)20(15-18)31(27,28)23-11-13-29-14-12-23/h8-9,15,17,19H,4-7,10-14H2,1-3H3. The highest BCUT2D eigenvalue weighted by Gasteiger charge is 2.32. The molecule has 1 amide bonds. The van der Waals surface area contributed by atoms with Crippen LogP contribution in [-0.2, 0) is 24.3 Å². The second kappa shape index (κ2) is 10.1. The van der Waals surface area contributed by atoms with Crippen LogP contribution in [0.25, 0.3) is 0 Å². The summed E-state index contributed by atoms with van der Waals surface area (Å²) in [5.41, 5.74) is 0.661. The molecule has 3 rings (SSSR count). The van der Waals surface area contributed by atoms with Gasteiger partial charge in [0.05, 0.1) is 23.7 Å². The van der Waals surface area contributed by atoms with E-state index in [1.165, 1.54) is 16.4 Å². The lowest BCUT2D eigenvalue weighted by Gasteiger charge is -2.36. The number of hydrogen-bond acceptors (Lipinski definition) is 6. The number of nitrogens with zero attached hydrogens (tertiary/aromatic N) is 2. The predicted molar refractivity (Wildman–Crippen MR) is 115 cm³/mol. The van der Waals surface area contributed by atoms with Crippen molar-refractivity contribution in [2.75, 3.05) is 32.8 Å². The molecule has 0 aliphatic carbocycles. The van der Waals surface area contributed by atoms with E-state index >= 15 is 0 Å². The minimum atomic E-state index is -3.75. The molecule has 0 N–H and O–H groups in total. The van der Waals surface area contributed by atoms with E-state index in [1.807, 2.05) is 4.90 Å². The lowest BCUT2D eigenvalue weighted by atomic mass is 9.99. The number of esters is 1. The van der Waals surface area contributed by atoms with Crippen LogP contribution in [0.1, 0.15) is 55.5 Å². The van der Waals surface area contributed by atoms with Crippen molar-refractivity contribution in [1.29, 1.82) is 0 Å². The zero-order chi connectivity index (χ0) is 22.6. The Morgan fingerprint density at radius 3 is 2.58 bits per heavy atom. The number of piperidine rings is 1. The van der Waals surface area contributed by atoms with Crippen LogP contribution in [0.4, 0.5) is 0 Å². The quantitative estimate of drug-likeness (QED) is 0.615. The van der Waals surface area contributed by atoms with E-state index in [9.17, 15) is 18.0 Å². The molecule has 1 aromatic carbocycles. The Morgan fingerprint density at radius 2 is 1.90 bits per heavy atom. The van der Waals surface area contributed by atoms with Crippen molar-refractivity contribution >= 4 is 21.9 Å². The van der Waals surface area contributed by atoms with Crippen LogP contribution in [0.5, 0.6) is 0 Å². The molecule has 2 fully saturated rings. The summed E-state index contributed by atoms with van der Waals surface area (Å²) >= 11 is 0. The molecular weight excluding hydrogens is 420 g/mol. The number of ether oxygens (including phenoxy) is 2. The molecule has 0 saturated carbocycles. The minimum Gasteiger partial charge on any atom is -0.449 e. The lowest BCUT2D eigenvalue weighted by Crippen LogP contribution is -2.48. The zero-order valence-corrected chi connectivity index (χ0v) is 19.3. The summed E-state index contributed by atoms with van der Waals surface area (Å²) in [5, 5.41) is 0. The summed E-state index contributed by atoms with van der Waals surface area (Å²) in [6.45, 7) is 7.22. The third-order valence-electron chi connectivity index (χ3n) is 6.02. The van der Waals surface area contributed by atoms with Crippen molar-refractivity contribution in [3.8, 4) is 0 Å². The van der Waals surface area contributed by atoms with Gasteiger partial charge in [0.1, 0.15) is 0 Å². The number of likely N-dealkylation sites (tertiary alicyclic amines) is 1. The monoisotopic (exact) mass is 452 g/mol. The van der Waals surface area contributed by atoms with Gasteiger partial charge in [-0.2, -0.15) is 4.31 Å². The van der Waals surface area contributed by atoms with Crippen LogP contribution in [0, 0.1) is 6.92 Å². The van der Waals surface area contributed by atoms with Gasteiger partial charge < -0.3 is 14.4 Å². The third kappa shape index (κ3) is 5.27. The van der Waals surface area contributed by atoms with E-state index < -0.39 is 22.1 Å². The maximum absolute atomic E-state index is 13.0. The Labute approximate surface area is 184 Å². The van der Waals surface area contributed by atoms with Gasteiger partial charge in [-0.15, -0.1) is 0 Å². The number of amides is 1.